The van der Waals surface area contributed by atoms with Gasteiger partial charge in [0.1, 0.15) is 5.65 Å². The molecule has 2 heterocycles. The lowest BCUT2D eigenvalue weighted by Gasteiger charge is -2.08. The smallest absolute Gasteiger partial charge is 0.220 e. The Hall–Kier alpha value is -3.11. The van der Waals surface area contributed by atoms with Gasteiger partial charge in [0.2, 0.25) is 5.91 Å². The normalized spacial score (nSPS) is 11.0. The second-order valence-corrected chi connectivity index (χ2v) is 7.54. The Morgan fingerprint density at radius 3 is 2.55 bits per heavy atom. The van der Waals surface area contributed by atoms with Crippen molar-refractivity contribution in [2.45, 2.75) is 26.3 Å². The third kappa shape index (κ3) is 4.49. The molecule has 4 rings (SSSR count). The summed E-state index contributed by atoms with van der Waals surface area (Å²) in [5, 5.41) is 3.70. The van der Waals surface area contributed by atoms with Gasteiger partial charge >= 0.3 is 0 Å². The molecular formula is C24H22ClN3O. The number of carbonyl (C=O) groups excluding carboxylic acids is 1. The molecule has 0 radical (unpaired) electrons. The van der Waals surface area contributed by atoms with Crippen molar-refractivity contribution in [2.24, 2.45) is 0 Å². The average Bonchev–Trinajstić information content (AvgIpc) is 3.11. The van der Waals surface area contributed by atoms with E-state index in [9.17, 15) is 4.79 Å². The fourth-order valence-corrected chi connectivity index (χ4v) is 3.48. The second kappa shape index (κ2) is 8.50. The molecular weight excluding hydrogens is 382 g/mol. The van der Waals surface area contributed by atoms with E-state index in [0.717, 1.165) is 28.2 Å². The van der Waals surface area contributed by atoms with Gasteiger partial charge in [0, 0.05) is 29.7 Å². The summed E-state index contributed by atoms with van der Waals surface area (Å²) in [6.45, 7) is 2.59. The van der Waals surface area contributed by atoms with E-state index in [1.807, 2.05) is 60.8 Å². The molecule has 0 fully saturated rings. The first-order valence-electron chi connectivity index (χ1n) is 9.64. The summed E-state index contributed by atoms with van der Waals surface area (Å²) < 4.78 is 2.05. The van der Waals surface area contributed by atoms with Crippen molar-refractivity contribution in [3.63, 3.8) is 0 Å². The minimum Gasteiger partial charge on any atom is -0.352 e. The van der Waals surface area contributed by atoms with E-state index in [4.69, 9.17) is 16.6 Å². The quantitative estimate of drug-likeness (QED) is 0.480. The fraction of sp³-hybridized carbons (Fsp3) is 0.167. The van der Waals surface area contributed by atoms with E-state index in [1.165, 1.54) is 5.56 Å². The van der Waals surface area contributed by atoms with Crippen LogP contribution in [0.25, 0.3) is 16.9 Å². The molecule has 2 aromatic carbocycles. The molecule has 4 nitrogen and oxygen atoms in total. The Bertz CT molecular complexity index is 1130. The fourth-order valence-electron chi connectivity index (χ4n) is 3.35. The Morgan fingerprint density at radius 1 is 1.03 bits per heavy atom. The molecule has 4 aromatic rings. The van der Waals surface area contributed by atoms with Crippen LogP contribution >= 0.6 is 11.6 Å². The highest BCUT2D eigenvalue weighted by Crippen LogP contribution is 2.26. The molecule has 0 aliphatic heterocycles. The number of aromatic nitrogens is 2. The van der Waals surface area contributed by atoms with Crippen LogP contribution in [0.3, 0.4) is 0 Å². The summed E-state index contributed by atoms with van der Waals surface area (Å²) >= 11 is 6.04. The topological polar surface area (TPSA) is 46.4 Å². The number of nitrogens with one attached hydrogen (secondary N) is 1. The largest absolute Gasteiger partial charge is 0.352 e. The van der Waals surface area contributed by atoms with Crippen molar-refractivity contribution in [3.8, 4) is 11.3 Å². The number of aryl methyl sites for hydroxylation is 2. The Kier molecular flexibility index (Phi) is 5.63. The Labute approximate surface area is 175 Å². The van der Waals surface area contributed by atoms with E-state index < -0.39 is 0 Å². The van der Waals surface area contributed by atoms with Crippen LogP contribution in [0.15, 0.2) is 72.9 Å². The number of fused-ring (bicyclic) bond motifs is 1. The van der Waals surface area contributed by atoms with Crippen LogP contribution in [-0.4, -0.2) is 15.3 Å². The number of nitrogens with zero attached hydrogens (tertiary/aromatic N) is 2. The van der Waals surface area contributed by atoms with Gasteiger partial charge in [-0.25, -0.2) is 4.98 Å². The predicted molar refractivity (Wildman–Crippen MR) is 117 cm³/mol. The molecule has 0 saturated heterocycles. The SMILES string of the molecule is Cc1ccc(CNC(=O)CCc2c(-c3ccc(Cl)cc3)nc3ccccn23)cc1. The molecule has 29 heavy (non-hydrogen) atoms. The number of carbonyl (C=O) groups is 1. The molecule has 0 saturated carbocycles. The summed E-state index contributed by atoms with van der Waals surface area (Å²) in [6, 6.07) is 21.7. The molecule has 0 aliphatic carbocycles. The number of amides is 1. The average molecular weight is 404 g/mol. The van der Waals surface area contributed by atoms with Gasteiger partial charge in [-0.15, -0.1) is 0 Å². The van der Waals surface area contributed by atoms with Gasteiger partial charge in [0.25, 0.3) is 0 Å². The summed E-state index contributed by atoms with van der Waals surface area (Å²) in [7, 11) is 0. The van der Waals surface area contributed by atoms with E-state index in [-0.39, 0.29) is 5.91 Å². The van der Waals surface area contributed by atoms with Crippen LogP contribution < -0.4 is 5.32 Å². The maximum absolute atomic E-state index is 12.4. The third-order valence-corrected chi connectivity index (χ3v) is 5.20. The highest BCUT2D eigenvalue weighted by molar-refractivity contribution is 6.30. The van der Waals surface area contributed by atoms with E-state index in [1.54, 1.807) is 0 Å². The van der Waals surface area contributed by atoms with Gasteiger partial charge in [0.05, 0.1) is 11.4 Å². The standard InChI is InChI=1S/C24H22ClN3O/c1-17-5-7-18(8-6-17)16-26-23(29)14-13-21-24(19-9-11-20(25)12-10-19)27-22-4-2-3-15-28(21)22/h2-12,15H,13-14,16H2,1H3,(H,26,29). The first-order chi connectivity index (χ1) is 14.1. The minimum absolute atomic E-state index is 0.0264. The van der Waals surface area contributed by atoms with Crippen LogP contribution in [0.2, 0.25) is 5.02 Å². The molecule has 1 amide bonds. The van der Waals surface area contributed by atoms with Crippen molar-refractivity contribution in [3.05, 3.63) is 94.8 Å². The molecule has 0 unspecified atom stereocenters. The molecule has 2 aromatic heterocycles. The van der Waals surface area contributed by atoms with Crippen molar-refractivity contribution in [2.75, 3.05) is 0 Å². The summed E-state index contributed by atoms with van der Waals surface area (Å²) in [5.41, 5.74) is 6.08. The Balaban J connectivity index is 1.50. The van der Waals surface area contributed by atoms with Gasteiger partial charge in [0.15, 0.2) is 0 Å². The zero-order chi connectivity index (χ0) is 20.2. The summed E-state index contributed by atoms with van der Waals surface area (Å²) in [4.78, 5) is 17.2. The molecule has 5 heteroatoms. The lowest BCUT2D eigenvalue weighted by molar-refractivity contribution is -0.121. The maximum Gasteiger partial charge on any atom is 0.220 e. The van der Waals surface area contributed by atoms with Crippen molar-refractivity contribution in [1.82, 2.24) is 14.7 Å². The van der Waals surface area contributed by atoms with Gasteiger partial charge in [-0.1, -0.05) is 59.6 Å². The van der Waals surface area contributed by atoms with Crippen LogP contribution in [0.5, 0.6) is 0 Å². The lowest BCUT2D eigenvalue weighted by Crippen LogP contribution is -2.23. The third-order valence-electron chi connectivity index (χ3n) is 4.95. The van der Waals surface area contributed by atoms with Crippen LogP contribution in [0.1, 0.15) is 23.2 Å². The molecule has 0 spiro atoms. The van der Waals surface area contributed by atoms with E-state index in [0.29, 0.717) is 24.4 Å². The number of rotatable bonds is 6. The second-order valence-electron chi connectivity index (χ2n) is 7.11. The van der Waals surface area contributed by atoms with E-state index >= 15 is 0 Å². The molecule has 0 bridgehead atoms. The highest BCUT2D eigenvalue weighted by atomic mass is 35.5. The summed E-state index contributed by atoms with van der Waals surface area (Å²) in [5.74, 6) is 0.0264. The number of benzene rings is 2. The van der Waals surface area contributed by atoms with Crippen LogP contribution in [0, 0.1) is 6.92 Å². The molecule has 0 atom stereocenters. The van der Waals surface area contributed by atoms with E-state index in [2.05, 4.69) is 28.8 Å². The van der Waals surface area contributed by atoms with Gasteiger partial charge in [-0.3, -0.25) is 4.79 Å². The molecule has 0 aliphatic rings. The summed E-state index contributed by atoms with van der Waals surface area (Å²) in [6.07, 6.45) is 2.99. The van der Waals surface area contributed by atoms with Crippen molar-refractivity contribution in [1.29, 1.82) is 0 Å². The monoisotopic (exact) mass is 403 g/mol. The first kappa shape index (κ1) is 19.2. The van der Waals surface area contributed by atoms with Crippen molar-refractivity contribution >= 4 is 23.2 Å². The number of hydrogen-bond donors (Lipinski definition) is 1. The predicted octanol–water partition coefficient (Wildman–Crippen LogP) is 5.21. The van der Waals surface area contributed by atoms with Gasteiger partial charge < -0.3 is 9.72 Å². The Morgan fingerprint density at radius 2 is 1.79 bits per heavy atom. The number of hydrogen-bond acceptors (Lipinski definition) is 2. The van der Waals surface area contributed by atoms with Crippen LogP contribution in [-0.2, 0) is 17.8 Å². The first-order valence-corrected chi connectivity index (χ1v) is 10.0. The maximum atomic E-state index is 12.4. The molecule has 1 N–H and O–H groups in total. The lowest BCUT2D eigenvalue weighted by atomic mass is 10.1. The van der Waals surface area contributed by atoms with Crippen molar-refractivity contribution < 1.29 is 4.79 Å². The number of imidazole rings is 1. The number of halogens is 1. The van der Waals surface area contributed by atoms with Crippen LogP contribution in [0.4, 0.5) is 0 Å². The zero-order valence-corrected chi connectivity index (χ0v) is 17.0. The molecule has 146 valence electrons. The minimum atomic E-state index is 0.0264. The number of pyridine rings is 1. The zero-order valence-electron chi connectivity index (χ0n) is 16.2. The van der Waals surface area contributed by atoms with Gasteiger partial charge in [-0.05, 0) is 43.2 Å². The van der Waals surface area contributed by atoms with Gasteiger partial charge in [-0.2, -0.15) is 0 Å². The highest BCUT2D eigenvalue weighted by Gasteiger charge is 2.15.